The Balaban J connectivity index is 0.00000543. The van der Waals surface area contributed by atoms with Crippen molar-refractivity contribution in [3.05, 3.63) is 0 Å². The SMILES string of the molecule is CC1(CC(F)(F)C(F)(F)C(F)(F)C(F)(F)C(F)(F)C(F)F)CCCCN1CC(F)(F)C(F)(F)C(F)(F)C(F)(F)C(F)(F)C(F)F.O=[PH](O)O. The molecule has 1 fully saturated rings. The van der Waals surface area contributed by atoms with Crippen molar-refractivity contribution >= 4 is 8.25 Å². The number of nitrogens with zero attached hydrogens (tertiary/aromatic N) is 1. The van der Waals surface area contributed by atoms with Gasteiger partial charge in [0.1, 0.15) is 0 Å². The van der Waals surface area contributed by atoms with Gasteiger partial charge in [0.15, 0.2) is 0 Å². The molecule has 0 bridgehead atoms. The number of hydrogen-bond acceptors (Lipinski definition) is 2. The van der Waals surface area contributed by atoms with E-state index >= 15 is 0 Å². The second-order valence-corrected chi connectivity index (χ2v) is 11.1. The summed E-state index contributed by atoms with van der Waals surface area (Å²) in [6.45, 7) is -4.73. The predicted octanol–water partition coefficient (Wildman–Crippen LogP) is 8.86. The molecule has 1 rings (SSSR count). The highest BCUT2D eigenvalue weighted by molar-refractivity contribution is 7.30. The molecule has 0 aromatic heterocycles. The molecule has 49 heavy (non-hydrogen) atoms. The Labute approximate surface area is 257 Å². The van der Waals surface area contributed by atoms with Crippen LogP contribution in [0, 0.1) is 0 Å². The predicted molar refractivity (Wildman–Crippen MR) is 113 cm³/mol. The van der Waals surface area contributed by atoms with Crippen molar-refractivity contribution in [3.8, 4) is 0 Å². The van der Waals surface area contributed by atoms with Crippen molar-refractivity contribution in [1.82, 2.24) is 4.90 Å². The van der Waals surface area contributed by atoms with E-state index in [4.69, 9.17) is 14.4 Å². The Kier molecular flexibility index (Phi) is 13.7. The lowest BCUT2D eigenvalue weighted by atomic mass is 9.79. The van der Waals surface area contributed by atoms with E-state index in [0.717, 1.165) is 0 Å². The van der Waals surface area contributed by atoms with Crippen LogP contribution in [0.4, 0.5) is 105 Å². The van der Waals surface area contributed by atoms with Crippen molar-refractivity contribution in [2.45, 2.75) is 110 Å². The number of likely N-dealkylation sites (tertiary alicyclic amines) is 1. The lowest BCUT2D eigenvalue weighted by molar-refractivity contribution is -0.417. The second kappa shape index (κ2) is 14.1. The first kappa shape index (κ1) is 47.4. The molecule has 1 aliphatic rings. The van der Waals surface area contributed by atoms with Crippen LogP contribution in [0.15, 0.2) is 0 Å². The van der Waals surface area contributed by atoms with Gasteiger partial charge in [-0.15, -0.1) is 0 Å². The van der Waals surface area contributed by atoms with Crippen LogP contribution in [0.1, 0.15) is 32.6 Å². The van der Waals surface area contributed by atoms with Gasteiger partial charge in [-0.1, -0.05) is 6.42 Å². The summed E-state index contributed by atoms with van der Waals surface area (Å²) in [4.78, 5) is 13.6. The van der Waals surface area contributed by atoms with Gasteiger partial charge >= 0.3 is 80.3 Å². The third-order valence-corrected chi connectivity index (χ3v) is 7.03. The molecule has 29 heteroatoms. The number of halogens is 24. The van der Waals surface area contributed by atoms with Crippen LogP contribution in [-0.4, -0.2) is 105 Å². The zero-order chi connectivity index (χ0) is 40.1. The molecule has 1 atom stereocenters. The Morgan fingerprint density at radius 2 is 0.878 bits per heavy atom. The second-order valence-electron chi connectivity index (χ2n) is 10.5. The maximum atomic E-state index is 14.5. The highest BCUT2D eigenvalue weighted by Crippen LogP contribution is 2.61. The minimum absolute atomic E-state index is 0.00782. The highest BCUT2D eigenvalue weighted by atomic mass is 31.1. The summed E-state index contributed by atoms with van der Waals surface area (Å²) in [5, 5.41) is 0. The van der Waals surface area contributed by atoms with E-state index in [1.807, 2.05) is 0 Å². The summed E-state index contributed by atoms with van der Waals surface area (Å²) >= 11 is 0. The van der Waals surface area contributed by atoms with Gasteiger partial charge in [-0.25, -0.2) is 17.6 Å². The average molecular weight is 809 g/mol. The van der Waals surface area contributed by atoms with Gasteiger partial charge in [-0.05, 0) is 26.3 Å². The summed E-state index contributed by atoms with van der Waals surface area (Å²) in [7, 11) is -3.13. The molecule has 0 saturated carbocycles. The molecule has 0 amide bonds. The molecule has 1 unspecified atom stereocenters. The number of hydrogen-bond donors (Lipinski definition) is 2. The first-order chi connectivity index (χ1) is 21.1. The molecule has 4 nitrogen and oxygen atoms in total. The van der Waals surface area contributed by atoms with E-state index in [-0.39, 0.29) is 6.92 Å². The molecule has 0 spiro atoms. The molecule has 1 heterocycles. The first-order valence-corrected chi connectivity index (χ1v) is 13.5. The minimum Gasteiger partial charge on any atom is -0.326 e. The zero-order valence-corrected chi connectivity index (χ0v) is 24.2. The summed E-state index contributed by atoms with van der Waals surface area (Å²) < 4.78 is 333. The molecule has 1 saturated heterocycles. The van der Waals surface area contributed by atoms with Gasteiger partial charge in [0.25, 0.3) is 0 Å². The van der Waals surface area contributed by atoms with Gasteiger partial charge in [-0.3, -0.25) is 9.46 Å². The van der Waals surface area contributed by atoms with Gasteiger partial charge in [0, 0.05) is 12.0 Å². The number of alkyl halides is 24. The summed E-state index contributed by atoms with van der Waals surface area (Å²) in [5.41, 5.74) is -3.47. The molecule has 296 valence electrons. The fraction of sp³-hybridized carbons (Fsp3) is 1.00. The van der Waals surface area contributed by atoms with Gasteiger partial charge < -0.3 is 9.79 Å². The van der Waals surface area contributed by atoms with Crippen molar-refractivity contribution in [3.63, 3.8) is 0 Å². The van der Waals surface area contributed by atoms with Gasteiger partial charge in [0.05, 0.1) is 6.54 Å². The molecule has 1 aliphatic heterocycles. The van der Waals surface area contributed by atoms with Crippen LogP contribution in [0.5, 0.6) is 0 Å². The maximum absolute atomic E-state index is 14.5. The molecule has 0 aliphatic carbocycles. The first-order valence-electron chi connectivity index (χ1n) is 12.2. The van der Waals surface area contributed by atoms with Crippen molar-refractivity contribution in [1.29, 1.82) is 0 Å². The highest BCUT2D eigenvalue weighted by Gasteiger charge is 2.89. The van der Waals surface area contributed by atoms with Crippen LogP contribution in [0.3, 0.4) is 0 Å². The fourth-order valence-corrected chi connectivity index (χ4v) is 4.18. The van der Waals surface area contributed by atoms with Crippen molar-refractivity contribution in [2.75, 3.05) is 13.1 Å². The summed E-state index contributed by atoms with van der Waals surface area (Å²) in [6, 6.07) is 0. The summed E-state index contributed by atoms with van der Waals surface area (Å²) in [5.74, 6) is -76.4. The normalized spacial score (nSPS) is 20.6. The Morgan fingerprint density at radius 1 is 0.571 bits per heavy atom. The lowest BCUT2D eigenvalue weighted by Gasteiger charge is -2.50. The van der Waals surface area contributed by atoms with E-state index in [0.29, 0.717) is 0 Å². The smallest absolute Gasteiger partial charge is 0.326 e. The largest absolute Gasteiger partial charge is 0.384 e. The Hall–Kier alpha value is -1.57. The Bertz CT molecular complexity index is 1140. The molecule has 0 aromatic carbocycles. The van der Waals surface area contributed by atoms with E-state index < -0.39 is 130 Å². The molecule has 0 radical (unpaired) electrons. The average Bonchev–Trinajstić information content (AvgIpc) is 2.88. The van der Waals surface area contributed by atoms with Crippen LogP contribution in [-0.2, 0) is 4.57 Å². The molecule has 2 N–H and O–H groups in total. The molecule has 0 aromatic rings. The fourth-order valence-electron chi connectivity index (χ4n) is 4.18. The monoisotopic (exact) mass is 809 g/mol. The number of rotatable bonds is 14. The zero-order valence-electron chi connectivity index (χ0n) is 23.2. The standard InChI is InChI=1S/C20H17F24N.H3O3P/c1-10(6-11(25,26)15(33,34)19(41,42)17(37,38)13(29,30)8(21)22)4-2-3-5-45(10)7-12(27,28)16(35,36)20(43,44)18(39,40)14(31,32)9(23)24;1-4(2)3/h8-9H,2-7H2,1H3;4H,(H2,1,2,3). The van der Waals surface area contributed by atoms with Crippen LogP contribution in [0.2, 0.25) is 0 Å². The topological polar surface area (TPSA) is 60.8 Å². The Morgan fingerprint density at radius 3 is 1.18 bits per heavy atom. The minimum atomic E-state index is -8.10. The van der Waals surface area contributed by atoms with Crippen LogP contribution < -0.4 is 0 Å². The lowest BCUT2D eigenvalue weighted by Crippen LogP contribution is -2.71. The van der Waals surface area contributed by atoms with E-state index in [9.17, 15) is 105 Å². The van der Waals surface area contributed by atoms with E-state index in [1.165, 1.54) is 0 Å². The molecular formula is C20H20F24NO3P. The van der Waals surface area contributed by atoms with E-state index in [2.05, 4.69) is 0 Å². The van der Waals surface area contributed by atoms with Crippen LogP contribution >= 0.6 is 8.25 Å². The molecular weight excluding hydrogens is 789 g/mol. The summed E-state index contributed by atoms with van der Waals surface area (Å²) in [6.07, 6.45) is -17.7. The van der Waals surface area contributed by atoms with Crippen LogP contribution in [0.25, 0.3) is 0 Å². The van der Waals surface area contributed by atoms with E-state index in [1.54, 1.807) is 0 Å². The van der Waals surface area contributed by atoms with Gasteiger partial charge in [0.2, 0.25) is 0 Å². The third kappa shape index (κ3) is 7.94. The van der Waals surface area contributed by atoms with Crippen molar-refractivity contribution < 1.29 is 120 Å². The maximum Gasteiger partial charge on any atom is 0.384 e. The quantitative estimate of drug-likeness (QED) is 0.136. The number of piperidine rings is 1. The third-order valence-electron chi connectivity index (χ3n) is 7.03. The van der Waals surface area contributed by atoms with Crippen molar-refractivity contribution in [2.24, 2.45) is 0 Å². The van der Waals surface area contributed by atoms with Gasteiger partial charge in [-0.2, -0.15) is 87.8 Å².